The minimum Gasteiger partial charge on any atom is -0.379 e. The minimum atomic E-state index is -0.0469. The maximum Gasteiger partial charge on any atom is 0.0948 e. The molecule has 1 fully saturated rings. The van der Waals surface area contributed by atoms with Gasteiger partial charge < -0.3 is 4.74 Å². The Bertz CT molecular complexity index is 174. The molecule has 1 saturated heterocycles. The van der Waals surface area contributed by atoms with E-state index in [2.05, 4.69) is 6.58 Å². The summed E-state index contributed by atoms with van der Waals surface area (Å²) in [5, 5.41) is 8.43. The van der Waals surface area contributed by atoms with Crippen LogP contribution in [0.5, 0.6) is 0 Å². The molecule has 1 aliphatic rings. The van der Waals surface area contributed by atoms with Gasteiger partial charge in [-0.3, -0.25) is 0 Å². The van der Waals surface area contributed by atoms with Gasteiger partial charge in [-0.2, -0.15) is 5.26 Å². The van der Waals surface area contributed by atoms with Gasteiger partial charge in [0.1, 0.15) is 0 Å². The van der Waals surface area contributed by atoms with E-state index in [1.165, 1.54) is 0 Å². The molecule has 2 nitrogen and oxygen atoms in total. The van der Waals surface area contributed by atoms with Gasteiger partial charge in [-0.1, -0.05) is 13.5 Å². The van der Waals surface area contributed by atoms with Crippen molar-refractivity contribution in [1.82, 2.24) is 0 Å². The van der Waals surface area contributed by atoms with Gasteiger partial charge in [0.15, 0.2) is 0 Å². The molecule has 0 unspecified atom stereocenters. The zero-order chi connectivity index (χ0) is 6.91. The highest BCUT2D eigenvalue weighted by atomic mass is 16.5. The van der Waals surface area contributed by atoms with E-state index in [0.717, 1.165) is 0 Å². The highest BCUT2D eigenvalue weighted by Gasteiger charge is 2.36. The van der Waals surface area contributed by atoms with Gasteiger partial charge in [0.25, 0.3) is 0 Å². The predicted octanol–water partition coefficient (Wildman–Crippen LogP) is 1.10. The molecule has 0 radical (unpaired) electrons. The van der Waals surface area contributed by atoms with Crippen molar-refractivity contribution >= 4 is 0 Å². The summed E-state index contributed by atoms with van der Waals surface area (Å²) in [6, 6.07) is 2.03. The second-order valence-electron chi connectivity index (χ2n) is 2.64. The average Bonchev–Trinajstić information content (AvgIpc) is 1.81. The third-order valence-corrected chi connectivity index (χ3v) is 1.70. The lowest BCUT2D eigenvalue weighted by molar-refractivity contribution is -0.0751. The van der Waals surface area contributed by atoms with Crippen molar-refractivity contribution in [1.29, 1.82) is 5.26 Å². The van der Waals surface area contributed by atoms with E-state index in [9.17, 15) is 0 Å². The van der Waals surface area contributed by atoms with Crippen molar-refractivity contribution in [3.05, 3.63) is 12.2 Å². The maximum atomic E-state index is 8.43. The Kier molecular flexibility index (Phi) is 1.30. The smallest absolute Gasteiger partial charge is 0.0948 e. The quantitative estimate of drug-likeness (QED) is 0.489. The number of nitriles is 1. The first kappa shape index (κ1) is 6.31. The zero-order valence-electron chi connectivity index (χ0n) is 5.48. The molecule has 0 bridgehead atoms. The lowest BCUT2D eigenvalue weighted by atomic mass is 9.82. The summed E-state index contributed by atoms with van der Waals surface area (Å²) in [6.45, 7) is 6.92. The van der Waals surface area contributed by atoms with Crippen LogP contribution in [-0.4, -0.2) is 13.2 Å². The largest absolute Gasteiger partial charge is 0.379 e. The third kappa shape index (κ3) is 0.839. The molecule has 2 heteroatoms. The van der Waals surface area contributed by atoms with Crippen LogP contribution >= 0.6 is 0 Å². The van der Waals surface area contributed by atoms with Crippen LogP contribution in [0.4, 0.5) is 0 Å². The van der Waals surface area contributed by atoms with Crippen molar-refractivity contribution in [2.24, 2.45) is 5.41 Å². The molecule has 0 amide bonds. The van der Waals surface area contributed by atoms with Crippen molar-refractivity contribution in [3.8, 4) is 6.07 Å². The molecule has 0 atom stereocenters. The summed E-state index contributed by atoms with van der Waals surface area (Å²) < 4.78 is 4.95. The molecular formula is C7H9NO. The Labute approximate surface area is 54.7 Å². The Hall–Kier alpha value is -0.810. The molecule has 48 valence electrons. The standard InChI is InChI=1S/C7H9NO/c1-6(3-8)7(2)4-9-5-7/h1,4-5H2,2H3. The first-order valence-electron chi connectivity index (χ1n) is 2.86. The van der Waals surface area contributed by atoms with E-state index in [-0.39, 0.29) is 5.41 Å². The van der Waals surface area contributed by atoms with Crippen molar-refractivity contribution < 1.29 is 4.74 Å². The Morgan fingerprint density at radius 2 is 2.33 bits per heavy atom. The number of hydrogen-bond acceptors (Lipinski definition) is 2. The van der Waals surface area contributed by atoms with Crippen LogP contribution in [0.1, 0.15) is 6.92 Å². The van der Waals surface area contributed by atoms with Crippen LogP contribution in [0.3, 0.4) is 0 Å². The average molecular weight is 123 g/mol. The summed E-state index contributed by atoms with van der Waals surface area (Å²) in [7, 11) is 0. The van der Waals surface area contributed by atoms with E-state index in [4.69, 9.17) is 10.00 Å². The Balaban J connectivity index is 2.62. The predicted molar refractivity (Wildman–Crippen MR) is 33.7 cm³/mol. The topological polar surface area (TPSA) is 33.0 Å². The first-order chi connectivity index (χ1) is 4.19. The summed E-state index contributed by atoms with van der Waals surface area (Å²) in [5.41, 5.74) is 0.586. The molecule has 0 N–H and O–H groups in total. The molecule has 0 aromatic carbocycles. The van der Waals surface area contributed by atoms with Gasteiger partial charge in [0.2, 0.25) is 0 Å². The molecule has 0 aliphatic carbocycles. The fourth-order valence-corrected chi connectivity index (χ4v) is 0.717. The molecular weight excluding hydrogens is 114 g/mol. The lowest BCUT2D eigenvalue weighted by Crippen LogP contribution is -2.40. The summed E-state index contributed by atoms with van der Waals surface area (Å²) >= 11 is 0. The fourth-order valence-electron chi connectivity index (χ4n) is 0.717. The Morgan fingerprint density at radius 1 is 1.78 bits per heavy atom. The molecule has 0 aromatic heterocycles. The number of hydrogen-bond donors (Lipinski definition) is 0. The minimum absolute atomic E-state index is 0.0469. The van der Waals surface area contributed by atoms with Crippen molar-refractivity contribution in [3.63, 3.8) is 0 Å². The van der Waals surface area contributed by atoms with Crippen LogP contribution in [0.25, 0.3) is 0 Å². The van der Waals surface area contributed by atoms with E-state index < -0.39 is 0 Å². The zero-order valence-corrected chi connectivity index (χ0v) is 5.48. The molecule has 1 rings (SSSR count). The summed E-state index contributed by atoms with van der Waals surface area (Å²) in [6.07, 6.45) is 0. The van der Waals surface area contributed by atoms with E-state index in [1.54, 1.807) is 0 Å². The number of rotatable bonds is 1. The lowest BCUT2D eigenvalue weighted by Gasteiger charge is -2.36. The van der Waals surface area contributed by atoms with E-state index in [1.807, 2.05) is 13.0 Å². The van der Waals surface area contributed by atoms with Crippen molar-refractivity contribution in [2.75, 3.05) is 13.2 Å². The molecule has 9 heavy (non-hydrogen) atoms. The summed E-state index contributed by atoms with van der Waals surface area (Å²) in [4.78, 5) is 0. The molecule has 1 heterocycles. The molecule has 0 aromatic rings. The van der Waals surface area contributed by atoms with Gasteiger partial charge >= 0.3 is 0 Å². The van der Waals surface area contributed by atoms with Gasteiger partial charge in [-0.25, -0.2) is 0 Å². The van der Waals surface area contributed by atoms with Crippen molar-refractivity contribution in [2.45, 2.75) is 6.92 Å². The van der Waals surface area contributed by atoms with Gasteiger partial charge in [-0.05, 0) is 0 Å². The van der Waals surface area contributed by atoms with Crippen LogP contribution in [0.2, 0.25) is 0 Å². The normalized spacial score (nSPS) is 21.8. The van der Waals surface area contributed by atoms with Gasteiger partial charge in [0.05, 0.1) is 19.3 Å². The van der Waals surface area contributed by atoms with E-state index in [0.29, 0.717) is 18.8 Å². The first-order valence-corrected chi connectivity index (χ1v) is 2.86. The van der Waals surface area contributed by atoms with Gasteiger partial charge in [-0.15, -0.1) is 0 Å². The summed E-state index contributed by atoms with van der Waals surface area (Å²) in [5.74, 6) is 0. The monoisotopic (exact) mass is 123 g/mol. The van der Waals surface area contributed by atoms with Crippen LogP contribution in [0, 0.1) is 16.7 Å². The highest BCUT2D eigenvalue weighted by Crippen LogP contribution is 2.33. The maximum absolute atomic E-state index is 8.43. The highest BCUT2D eigenvalue weighted by molar-refractivity contribution is 5.26. The number of ether oxygens (including phenoxy) is 1. The SMILES string of the molecule is C=C(C#N)C1(C)COC1. The Morgan fingerprint density at radius 3 is 2.44 bits per heavy atom. The van der Waals surface area contributed by atoms with Crippen LogP contribution in [0.15, 0.2) is 12.2 Å². The van der Waals surface area contributed by atoms with Crippen LogP contribution < -0.4 is 0 Å². The molecule has 0 saturated carbocycles. The van der Waals surface area contributed by atoms with E-state index >= 15 is 0 Å². The fraction of sp³-hybridized carbons (Fsp3) is 0.571. The number of nitrogens with zero attached hydrogens (tertiary/aromatic N) is 1. The molecule has 1 aliphatic heterocycles. The molecule has 0 spiro atoms. The second kappa shape index (κ2) is 1.85. The third-order valence-electron chi connectivity index (χ3n) is 1.70. The second-order valence-corrected chi connectivity index (χ2v) is 2.64. The van der Waals surface area contributed by atoms with Crippen LogP contribution in [-0.2, 0) is 4.74 Å². The van der Waals surface area contributed by atoms with Gasteiger partial charge in [0, 0.05) is 11.0 Å².